The zero-order valence-electron chi connectivity index (χ0n) is 12.8. The summed E-state index contributed by atoms with van der Waals surface area (Å²) in [5, 5.41) is 2.73. The second-order valence-electron chi connectivity index (χ2n) is 5.14. The Labute approximate surface area is 158 Å². The second-order valence-corrected chi connectivity index (χ2v) is 8.64. The predicted molar refractivity (Wildman–Crippen MR) is 101 cm³/mol. The lowest BCUT2D eigenvalue weighted by atomic mass is 10.2. The monoisotopic (exact) mass is 474 g/mol. The Bertz CT molecular complexity index is 837. The van der Waals surface area contributed by atoms with Crippen LogP contribution < -0.4 is 10.0 Å². The highest BCUT2D eigenvalue weighted by molar-refractivity contribution is 9.11. The Hall–Kier alpha value is -1.22. The second kappa shape index (κ2) is 8.24. The zero-order valence-corrected chi connectivity index (χ0v) is 16.8. The molecule has 2 rings (SSSR count). The van der Waals surface area contributed by atoms with Crippen LogP contribution >= 0.6 is 31.9 Å². The molecule has 0 fully saturated rings. The number of halogens is 2. The largest absolute Gasteiger partial charge is 0.326 e. The summed E-state index contributed by atoms with van der Waals surface area (Å²) in [7, 11) is -3.69. The van der Waals surface area contributed by atoms with Crippen LogP contribution in [-0.2, 0) is 14.8 Å². The number of nitrogens with one attached hydrogen (secondary N) is 2. The van der Waals surface area contributed by atoms with Gasteiger partial charge in [-0.15, -0.1) is 0 Å². The number of hydrogen-bond acceptors (Lipinski definition) is 3. The highest BCUT2D eigenvalue weighted by atomic mass is 79.9. The lowest BCUT2D eigenvalue weighted by Gasteiger charge is -2.09. The quantitative estimate of drug-likeness (QED) is 0.666. The number of rotatable bonds is 6. The average molecular weight is 476 g/mol. The third-order valence-electron chi connectivity index (χ3n) is 3.16. The van der Waals surface area contributed by atoms with Crippen molar-refractivity contribution in [2.24, 2.45) is 0 Å². The highest BCUT2D eigenvalue weighted by Gasteiger charge is 2.18. The van der Waals surface area contributed by atoms with Gasteiger partial charge in [0.1, 0.15) is 0 Å². The molecule has 0 saturated carbocycles. The van der Waals surface area contributed by atoms with Crippen molar-refractivity contribution >= 4 is 53.5 Å². The summed E-state index contributed by atoms with van der Waals surface area (Å²) in [4.78, 5) is 12.0. The molecule has 0 unspecified atom stereocenters. The average Bonchev–Trinajstić information content (AvgIpc) is 2.51. The number of hydrogen-bond donors (Lipinski definition) is 2. The molecule has 0 radical (unpaired) electrons. The number of sulfonamides is 1. The zero-order chi connectivity index (χ0) is 17.7. The molecule has 2 aromatic rings. The summed E-state index contributed by atoms with van der Waals surface area (Å²) in [6, 6.07) is 12.3. The van der Waals surface area contributed by atoms with Crippen LogP contribution in [0.4, 0.5) is 5.69 Å². The van der Waals surface area contributed by atoms with Crippen molar-refractivity contribution in [1.29, 1.82) is 0 Å². The first-order valence-corrected chi connectivity index (χ1v) is 10.2. The minimum absolute atomic E-state index is 0.0129. The van der Waals surface area contributed by atoms with Gasteiger partial charge in [0.25, 0.3) is 0 Å². The molecule has 24 heavy (non-hydrogen) atoms. The van der Waals surface area contributed by atoms with E-state index in [4.69, 9.17) is 0 Å². The van der Waals surface area contributed by atoms with E-state index in [0.29, 0.717) is 14.6 Å². The van der Waals surface area contributed by atoms with Gasteiger partial charge in [-0.2, -0.15) is 0 Å². The molecule has 0 aliphatic carbocycles. The molecule has 0 bridgehead atoms. The van der Waals surface area contributed by atoms with Crippen LogP contribution in [0.2, 0.25) is 0 Å². The van der Waals surface area contributed by atoms with Gasteiger partial charge in [-0.25, -0.2) is 13.1 Å². The molecular weight excluding hydrogens is 460 g/mol. The molecule has 5 nitrogen and oxygen atoms in total. The summed E-state index contributed by atoms with van der Waals surface area (Å²) in [5.74, 6) is -0.255. The van der Waals surface area contributed by atoms with Crippen LogP contribution in [0.5, 0.6) is 0 Å². The van der Waals surface area contributed by atoms with Gasteiger partial charge in [-0.3, -0.25) is 4.79 Å². The van der Waals surface area contributed by atoms with E-state index in [-0.39, 0.29) is 23.8 Å². The fraction of sp³-hybridized carbons (Fsp3) is 0.188. The standard InChI is InChI=1S/C16H16Br2N2O3S/c1-11-2-5-13(6-3-11)20-16(21)8-9-19-24(22,23)15-10-12(17)4-7-14(15)18/h2-7,10,19H,8-9H2,1H3,(H,20,21). The van der Waals surface area contributed by atoms with Gasteiger partial charge in [0.05, 0.1) is 4.90 Å². The first-order valence-electron chi connectivity index (χ1n) is 7.09. The van der Waals surface area contributed by atoms with Gasteiger partial charge in [0, 0.05) is 27.6 Å². The maximum atomic E-state index is 12.3. The van der Waals surface area contributed by atoms with Gasteiger partial charge in [-0.05, 0) is 53.2 Å². The number of carbonyl (C=O) groups excluding carboxylic acids is 1. The Morgan fingerprint density at radius 1 is 1.08 bits per heavy atom. The first-order chi connectivity index (χ1) is 11.3. The number of anilines is 1. The van der Waals surface area contributed by atoms with Gasteiger partial charge in [0.15, 0.2) is 0 Å². The van der Waals surface area contributed by atoms with E-state index in [9.17, 15) is 13.2 Å². The lowest BCUT2D eigenvalue weighted by molar-refractivity contribution is -0.116. The minimum atomic E-state index is -3.69. The normalized spacial score (nSPS) is 11.3. The Morgan fingerprint density at radius 3 is 2.42 bits per heavy atom. The molecule has 1 amide bonds. The maximum absolute atomic E-state index is 12.3. The van der Waals surface area contributed by atoms with E-state index in [1.165, 1.54) is 6.07 Å². The number of aryl methyl sites for hydroxylation is 1. The van der Waals surface area contributed by atoms with Crippen LogP contribution in [0.3, 0.4) is 0 Å². The minimum Gasteiger partial charge on any atom is -0.326 e. The van der Waals surface area contributed by atoms with E-state index in [1.54, 1.807) is 24.3 Å². The Balaban J connectivity index is 1.91. The Kier molecular flexibility index (Phi) is 6.56. The molecule has 128 valence electrons. The molecule has 0 aromatic heterocycles. The fourth-order valence-electron chi connectivity index (χ4n) is 1.92. The molecule has 0 aliphatic rings. The van der Waals surface area contributed by atoms with Crippen LogP contribution in [0.1, 0.15) is 12.0 Å². The van der Waals surface area contributed by atoms with Crippen molar-refractivity contribution in [2.45, 2.75) is 18.2 Å². The van der Waals surface area contributed by atoms with Crippen molar-refractivity contribution in [3.63, 3.8) is 0 Å². The fourth-order valence-corrected chi connectivity index (χ4v) is 4.45. The summed E-state index contributed by atoms with van der Waals surface area (Å²) in [5.41, 5.74) is 1.78. The topological polar surface area (TPSA) is 75.3 Å². The molecule has 0 heterocycles. The van der Waals surface area contributed by atoms with Crippen LogP contribution in [-0.4, -0.2) is 20.9 Å². The summed E-state index contributed by atoms with van der Waals surface area (Å²) >= 11 is 6.46. The molecule has 0 saturated heterocycles. The molecular formula is C16H16Br2N2O3S. The summed E-state index contributed by atoms with van der Waals surface area (Å²) in [6.07, 6.45) is 0.0404. The van der Waals surface area contributed by atoms with Crippen molar-refractivity contribution in [2.75, 3.05) is 11.9 Å². The van der Waals surface area contributed by atoms with E-state index >= 15 is 0 Å². The van der Waals surface area contributed by atoms with Crippen LogP contribution in [0, 0.1) is 6.92 Å². The molecule has 0 aliphatic heterocycles. The van der Waals surface area contributed by atoms with Gasteiger partial charge >= 0.3 is 0 Å². The van der Waals surface area contributed by atoms with Gasteiger partial charge < -0.3 is 5.32 Å². The third kappa shape index (κ3) is 5.41. The summed E-state index contributed by atoms with van der Waals surface area (Å²) in [6.45, 7) is 1.97. The SMILES string of the molecule is Cc1ccc(NC(=O)CCNS(=O)(=O)c2cc(Br)ccc2Br)cc1. The summed E-state index contributed by atoms with van der Waals surface area (Å²) < 4.78 is 28.1. The van der Waals surface area contributed by atoms with E-state index in [0.717, 1.165) is 5.56 Å². The van der Waals surface area contributed by atoms with Gasteiger partial charge in [-0.1, -0.05) is 33.6 Å². The number of amides is 1. The third-order valence-corrected chi connectivity index (χ3v) is 6.11. The van der Waals surface area contributed by atoms with E-state index in [1.807, 2.05) is 19.1 Å². The van der Waals surface area contributed by atoms with Crippen LogP contribution in [0.25, 0.3) is 0 Å². The molecule has 0 spiro atoms. The van der Waals surface area contributed by atoms with Crippen molar-refractivity contribution in [1.82, 2.24) is 4.72 Å². The number of benzene rings is 2. The smallest absolute Gasteiger partial charge is 0.241 e. The maximum Gasteiger partial charge on any atom is 0.241 e. The number of carbonyl (C=O) groups is 1. The highest BCUT2D eigenvalue weighted by Crippen LogP contribution is 2.25. The molecule has 8 heteroatoms. The Morgan fingerprint density at radius 2 is 1.75 bits per heavy atom. The van der Waals surface area contributed by atoms with Crippen molar-refractivity contribution in [3.8, 4) is 0 Å². The van der Waals surface area contributed by atoms with E-state index in [2.05, 4.69) is 41.9 Å². The van der Waals surface area contributed by atoms with Crippen LogP contribution in [0.15, 0.2) is 56.3 Å². The predicted octanol–water partition coefficient (Wildman–Crippen LogP) is 3.83. The van der Waals surface area contributed by atoms with Crippen molar-refractivity contribution < 1.29 is 13.2 Å². The van der Waals surface area contributed by atoms with Gasteiger partial charge in [0.2, 0.25) is 15.9 Å². The first kappa shape index (κ1) is 19.1. The lowest BCUT2D eigenvalue weighted by Crippen LogP contribution is -2.28. The molecule has 2 aromatic carbocycles. The molecule has 0 atom stereocenters. The van der Waals surface area contributed by atoms with Crippen molar-refractivity contribution in [3.05, 3.63) is 57.0 Å². The van der Waals surface area contributed by atoms with E-state index < -0.39 is 10.0 Å². The molecule has 2 N–H and O–H groups in total.